The van der Waals surface area contributed by atoms with E-state index in [4.69, 9.17) is 9.47 Å². The lowest BCUT2D eigenvalue weighted by Gasteiger charge is -2.36. The predicted octanol–water partition coefficient (Wildman–Crippen LogP) is 3.41. The van der Waals surface area contributed by atoms with Gasteiger partial charge in [0.15, 0.2) is 0 Å². The van der Waals surface area contributed by atoms with Gasteiger partial charge in [-0.15, -0.1) is 0 Å². The van der Waals surface area contributed by atoms with E-state index >= 15 is 0 Å². The largest absolute Gasteiger partial charge is 0.497 e. The number of piperidine rings is 2. The third-order valence-electron chi connectivity index (χ3n) is 5.60. The molecule has 2 heterocycles. The monoisotopic (exact) mass is 332 g/mol. The van der Waals surface area contributed by atoms with E-state index in [1.807, 2.05) is 24.3 Å². The SMILES string of the molecule is COc1ccc(OC2CCN(CC[C@H]3CCCCN3C)CC2)cc1. The van der Waals surface area contributed by atoms with Gasteiger partial charge in [0.25, 0.3) is 0 Å². The van der Waals surface area contributed by atoms with E-state index in [1.54, 1.807) is 7.11 Å². The smallest absolute Gasteiger partial charge is 0.119 e. The molecule has 1 aromatic carbocycles. The number of benzene rings is 1. The molecule has 3 rings (SSSR count). The van der Waals surface area contributed by atoms with Crippen LogP contribution in [0.2, 0.25) is 0 Å². The van der Waals surface area contributed by atoms with Gasteiger partial charge in [0, 0.05) is 19.1 Å². The van der Waals surface area contributed by atoms with Crippen LogP contribution in [0.5, 0.6) is 11.5 Å². The van der Waals surface area contributed by atoms with Gasteiger partial charge in [0.1, 0.15) is 17.6 Å². The highest BCUT2D eigenvalue weighted by Gasteiger charge is 2.23. The Balaban J connectivity index is 1.37. The van der Waals surface area contributed by atoms with Gasteiger partial charge in [0.05, 0.1) is 7.11 Å². The summed E-state index contributed by atoms with van der Waals surface area (Å²) in [6, 6.07) is 8.73. The van der Waals surface area contributed by atoms with Crippen molar-refractivity contribution in [2.24, 2.45) is 0 Å². The highest BCUT2D eigenvalue weighted by atomic mass is 16.5. The molecule has 1 aromatic rings. The molecule has 2 aliphatic heterocycles. The van der Waals surface area contributed by atoms with Gasteiger partial charge in [-0.05, 0) is 76.5 Å². The number of nitrogens with zero attached hydrogens (tertiary/aromatic N) is 2. The van der Waals surface area contributed by atoms with Crippen LogP contribution in [-0.2, 0) is 0 Å². The second-order valence-electron chi connectivity index (χ2n) is 7.25. The zero-order valence-electron chi connectivity index (χ0n) is 15.2. The minimum Gasteiger partial charge on any atom is -0.497 e. The summed E-state index contributed by atoms with van der Waals surface area (Å²) in [5, 5.41) is 0. The fourth-order valence-electron chi connectivity index (χ4n) is 3.94. The van der Waals surface area contributed by atoms with Crippen molar-refractivity contribution in [3.63, 3.8) is 0 Å². The first-order valence-electron chi connectivity index (χ1n) is 9.48. The van der Waals surface area contributed by atoms with E-state index in [0.29, 0.717) is 6.10 Å². The Labute approximate surface area is 146 Å². The molecule has 0 spiro atoms. The van der Waals surface area contributed by atoms with Crippen molar-refractivity contribution in [1.82, 2.24) is 9.80 Å². The first-order chi connectivity index (χ1) is 11.7. The van der Waals surface area contributed by atoms with E-state index in [9.17, 15) is 0 Å². The van der Waals surface area contributed by atoms with E-state index in [-0.39, 0.29) is 0 Å². The van der Waals surface area contributed by atoms with Gasteiger partial charge < -0.3 is 19.3 Å². The van der Waals surface area contributed by atoms with Crippen LogP contribution in [0, 0.1) is 0 Å². The van der Waals surface area contributed by atoms with E-state index in [0.717, 1.165) is 43.5 Å². The summed E-state index contributed by atoms with van der Waals surface area (Å²) < 4.78 is 11.3. The van der Waals surface area contributed by atoms with Crippen LogP contribution in [0.3, 0.4) is 0 Å². The normalized spacial score (nSPS) is 24.0. The van der Waals surface area contributed by atoms with Crippen molar-refractivity contribution in [1.29, 1.82) is 0 Å². The van der Waals surface area contributed by atoms with Gasteiger partial charge in [-0.2, -0.15) is 0 Å². The van der Waals surface area contributed by atoms with Gasteiger partial charge in [-0.3, -0.25) is 0 Å². The summed E-state index contributed by atoms with van der Waals surface area (Å²) in [7, 11) is 3.98. The predicted molar refractivity (Wildman–Crippen MR) is 98.0 cm³/mol. The highest BCUT2D eigenvalue weighted by Crippen LogP contribution is 2.23. The molecule has 2 aliphatic rings. The second kappa shape index (κ2) is 8.72. The Morgan fingerprint density at radius 2 is 1.67 bits per heavy atom. The molecule has 4 heteroatoms. The average Bonchev–Trinajstić information content (AvgIpc) is 2.63. The average molecular weight is 332 g/mol. The summed E-state index contributed by atoms with van der Waals surface area (Å²) in [5.74, 6) is 1.84. The molecule has 134 valence electrons. The lowest BCUT2D eigenvalue weighted by Crippen LogP contribution is -2.42. The number of hydrogen-bond acceptors (Lipinski definition) is 4. The Morgan fingerprint density at radius 1 is 0.958 bits per heavy atom. The number of hydrogen-bond donors (Lipinski definition) is 0. The molecule has 0 N–H and O–H groups in total. The molecule has 0 saturated carbocycles. The van der Waals surface area contributed by atoms with Gasteiger partial charge in [-0.1, -0.05) is 6.42 Å². The van der Waals surface area contributed by atoms with Crippen LogP contribution >= 0.6 is 0 Å². The molecule has 0 bridgehead atoms. The van der Waals surface area contributed by atoms with Crippen LogP contribution in [0.4, 0.5) is 0 Å². The second-order valence-corrected chi connectivity index (χ2v) is 7.25. The molecule has 24 heavy (non-hydrogen) atoms. The molecule has 0 amide bonds. The van der Waals surface area contributed by atoms with Crippen LogP contribution in [0.1, 0.15) is 38.5 Å². The number of methoxy groups -OCH3 is 1. The van der Waals surface area contributed by atoms with Crippen LogP contribution in [0.25, 0.3) is 0 Å². The van der Waals surface area contributed by atoms with Crippen molar-refractivity contribution in [3.05, 3.63) is 24.3 Å². The van der Waals surface area contributed by atoms with Crippen molar-refractivity contribution < 1.29 is 9.47 Å². The molecular weight excluding hydrogens is 300 g/mol. The Bertz CT molecular complexity index is 483. The van der Waals surface area contributed by atoms with Crippen molar-refractivity contribution >= 4 is 0 Å². The number of rotatable bonds is 6. The third-order valence-corrected chi connectivity index (χ3v) is 5.60. The zero-order valence-corrected chi connectivity index (χ0v) is 15.2. The summed E-state index contributed by atoms with van der Waals surface area (Å²) >= 11 is 0. The molecule has 0 aromatic heterocycles. The van der Waals surface area contributed by atoms with Crippen LogP contribution < -0.4 is 9.47 Å². The fourth-order valence-corrected chi connectivity index (χ4v) is 3.94. The van der Waals surface area contributed by atoms with Crippen molar-refractivity contribution in [2.75, 3.05) is 40.3 Å². The molecule has 2 saturated heterocycles. The summed E-state index contributed by atoms with van der Waals surface area (Å²) in [5.41, 5.74) is 0. The van der Waals surface area contributed by atoms with E-state index in [1.165, 1.54) is 38.8 Å². The standard InChI is InChI=1S/C20H32N2O2/c1-21-13-4-3-5-17(21)10-14-22-15-11-20(12-16-22)24-19-8-6-18(23-2)7-9-19/h6-9,17,20H,3-5,10-16H2,1-2H3/t17-/m1/s1. The molecule has 0 unspecified atom stereocenters. The zero-order chi connectivity index (χ0) is 16.8. The fraction of sp³-hybridized carbons (Fsp3) is 0.700. The van der Waals surface area contributed by atoms with Gasteiger partial charge >= 0.3 is 0 Å². The molecule has 1 atom stereocenters. The van der Waals surface area contributed by atoms with Crippen molar-refractivity contribution in [3.8, 4) is 11.5 Å². The maximum Gasteiger partial charge on any atom is 0.119 e. The third kappa shape index (κ3) is 4.87. The minimum atomic E-state index is 0.354. The summed E-state index contributed by atoms with van der Waals surface area (Å²) in [6.07, 6.45) is 8.10. The van der Waals surface area contributed by atoms with E-state index in [2.05, 4.69) is 16.8 Å². The molecular formula is C20H32N2O2. The first kappa shape index (κ1) is 17.6. The van der Waals surface area contributed by atoms with Crippen LogP contribution in [0.15, 0.2) is 24.3 Å². The Hall–Kier alpha value is -1.26. The number of likely N-dealkylation sites (tertiary alicyclic amines) is 2. The maximum absolute atomic E-state index is 6.12. The Morgan fingerprint density at radius 3 is 2.33 bits per heavy atom. The number of ether oxygens (including phenoxy) is 2. The van der Waals surface area contributed by atoms with Crippen molar-refractivity contribution in [2.45, 2.75) is 50.7 Å². The van der Waals surface area contributed by atoms with E-state index < -0.39 is 0 Å². The summed E-state index contributed by atoms with van der Waals surface area (Å²) in [6.45, 7) is 4.85. The molecule has 2 fully saturated rings. The minimum absolute atomic E-state index is 0.354. The topological polar surface area (TPSA) is 24.9 Å². The lowest BCUT2D eigenvalue weighted by atomic mass is 9.99. The van der Waals surface area contributed by atoms with Gasteiger partial charge in [0.2, 0.25) is 0 Å². The van der Waals surface area contributed by atoms with Gasteiger partial charge in [-0.25, -0.2) is 0 Å². The quantitative estimate of drug-likeness (QED) is 0.797. The molecule has 0 aliphatic carbocycles. The highest BCUT2D eigenvalue weighted by molar-refractivity contribution is 5.31. The molecule has 0 radical (unpaired) electrons. The lowest BCUT2D eigenvalue weighted by molar-refractivity contribution is 0.0890. The Kier molecular flexibility index (Phi) is 6.38. The first-order valence-corrected chi connectivity index (χ1v) is 9.48. The molecule has 4 nitrogen and oxygen atoms in total. The summed E-state index contributed by atoms with van der Waals surface area (Å²) in [4.78, 5) is 5.18. The maximum atomic E-state index is 6.12. The van der Waals surface area contributed by atoms with Crippen LogP contribution in [-0.4, -0.2) is 62.3 Å².